The molecule has 0 unspecified atom stereocenters. The van der Waals surface area contributed by atoms with Crippen molar-refractivity contribution >= 4 is 16.1 Å². The molecule has 0 saturated carbocycles. The van der Waals surface area contributed by atoms with Crippen LogP contribution in [0.4, 0.5) is 4.79 Å². The third-order valence-electron chi connectivity index (χ3n) is 5.09. The fraction of sp³-hybridized carbons (Fsp3) is 0.458. The average Bonchev–Trinajstić information content (AvgIpc) is 2.75. The van der Waals surface area contributed by atoms with Gasteiger partial charge < -0.3 is 15.2 Å². The van der Waals surface area contributed by atoms with E-state index in [1.54, 1.807) is 0 Å². The minimum absolute atomic E-state index is 0.102. The van der Waals surface area contributed by atoms with Gasteiger partial charge in [0.05, 0.1) is 18.4 Å². The second-order valence-corrected chi connectivity index (χ2v) is 10.4. The molecule has 0 saturated heterocycles. The Labute approximate surface area is 191 Å². The smallest absolute Gasteiger partial charge is 0.407 e. The zero-order valence-corrected chi connectivity index (χ0v) is 19.8. The van der Waals surface area contributed by atoms with E-state index in [0.29, 0.717) is 25.3 Å². The number of ether oxygens (including phenoxy) is 1. The third kappa shape index (κ3) is 9.38. The molecular formula is C24H34N2O5S. The Bertz CT molecular complexity index is 920. The summed E-state index contributed by atoms with van der Waals surface area (Å²) in [5.74, 6) is 0.322. The Morgan fingerprint density at radius 1 is 1.03 bits per heavy atom. The van der Waals surface area contributed by atoms with Crippen molar-refractivity contribution in [2.45, 2.75) is 45.4 Å². The number of hydrogen-bond acceptors (Lipinski definition) is 5. The van der Waals surface area contributed by atoms with Gasteiger partial charge in [-0.05, 0) is 29.9 Å². The summed E-state index contributed by atoms with van der Waals surface area (Å²) in [6.45, 7) is 4.33. The Hall–Kier alpha value is -2.42. The summed E-state index contributed by atoms with van der Waals surface area (Å²) in [6, 6.07) is 18.0. The summed E-state index contributed by atoms with van der Waals surface area (Å²) in [4.78, 5) is 12.4. The van der Waals surface area contributed by atoms with E-state index < -0.39 is 28.3 Å². The Morgan fingerprint density at radius 3 is 2.12 bits per heavy atom. The molecule has 176 valence electrons. The third-order valence-corrected chi connectivity index (χ3v) is 6.36. The highest BCUT2D eigenvalue weighted by atomic mass is 32.2. The van der Waals surface area contributed by atoms with Crippen LogP contribution in [0.3, 0.4) is 0 Å². The van der Waals surface area contributed by atoms with Crippen molar-refractivity contribution in [1.82, 2.24) is 9.62 Å². The van der Waals surface area contributed by atoms with Crippen molar-refractivity contribution in [3.05, 3.63) is 71.8 Å². The summed E-state index contributed by atoms with van der Waals surface area (Å²) in [6.07, 6.45) is 0.372. The van der Waals surface area contributed by atoms with Gasteiger partial charge in [0.2, 0.25) is 10.0 Å². The number of aliphatic hydroxyl groups is 1. The topological polar surface area (TPSA) is 95.9 Å². The largest absolute Gasteiger partial charge is 0.445 e. The van der Waals surface area contributed by atoms with Crippen LogP contribution in [0, 0.1) is 5.92 Å². The van der Waals surface area contributed by atoms with E-state index in [-0.39, 0.29) is 13.2 Å². The van der Waals surface area contributed by atoms with Crippen LogP contribution >= 0.6 is 0 Å². The van der Waals surface area contributed by atoms with Gasteiger partial charge in [0, 0.05) is 13.1 Å². The lowest BCUT2D eigenvalue weighted by atomic mass is 10.0. The normalized spacial score (nSPS) is 13.7. The second-order valence-electron chi connectivity index (χ2n) is 8.37. The molecule has 0 aromatic heterocycles. The molecule has 0 aliphatic heterocycles. The fourth-order valence-electron chi connectivity index (χ4n) is 3.20. The minimum atomic E-state index is -3.51. The zero-order valence-electron chi connectivity index (χ0n) is 19.0. The summed E-state index contributed by atoms with van der Waals surface area (Å²) >= 11 is 0. The van der Waals surface area contributed by atoms with Gasteiger partial charge in [-0.1, -0.05) is 74.5 Å². The number of sulfonamides is 1. The Morgan fingerprint density at radius 2 is 1.59 bits per heavy atom. The number of carbonyl (C=O) groups is 1. The van der Waals surface area contributed by atoms with E-state index in [9.17, 15) is 18.3 Å². The zero-order chi connectivity index (χ0) is 23.6. The van der Waals surface area contributed by atoms with E-state index in [0.717, 1.165) is 17.4 Å². The molecular weight excluding hydrogens is 428 g/mol. The molecule has 8 heteroatoms. The van der Waals surface area contributed by atoms with Crippen molar-refractivity contribution in [2.24, 2.45) is 5.92 Å². The maximum Gasteiger partial charge on any atom is 0.407 e. The van der Waals surface area contributed by atoms with E-state index >= 15 is 0 Å². The van der Waals surface area contributed by atoms with Gasteiger partial charge in [-0.25, -0.2) is 13.2 Å². The molecule has 32 heavy (non-hydrogen) atoms. The number of alkyl carbamates (subject to hydrolysis) is 1. The second kappa shape index (κ2) is 12.6. The highest BCUT2D eigenvalue weighted by Gasteiger charge is 2.28. The predicted molar refractivity (Wildman–Crippen MR) is 126 cm³/mol. The van der Waals surface area contributed by atoms with Crippen LogP contribution in [0.25, 0.3) is 0 Å². The molecule has 0 spiro atoms. The maximum atomic E-state index is 12.4. The highest BCUT2D eigenvalue weighted by Crippen LogP contribution is 2.12. The van der Waals surface area contributed by atoms with Gasteiger partial charge in [-0.3, -0.25) is 0 Å². The summed E-state index contributed by atoms with van der Waals surface area (Å²) in [5, 5.41) is 13.7. The number of nitrogens with one attached hydrogen (secondary N) is 1. The first-order chi connectivity index (χ1) is 15.1. The van der Waals surface area contributed by atoms with Crippen molar-refractivity contribution in [1.29, 1.82) is 0 Å². The molecule has 1 amide bonds. The van der Waals surface area contributed by atoms with Gasteiger partial charge >= 0.3 is 6.09 Å². The van der Waals surface area contributed by atoms with Gasteiger partial charge in [-0.2, -0.15) is 4.31 Å². The number of nitrogens with zero attached hydrogens (tertiary/aromatic N) is 1. The molecule has 2 rings (SSSR count). The van der Waals surface area contributed by atoms with Gasteiger partial charge in [-0.15, -0.1) is 0 Å². The number of hydrogen-bond donors (Lipinski definition) is 2. The van der Waals surface area contributed by atoms with Crippen molar-refractivity contribution in [2.75, 3.05) is 19.3 Å². The van der Waals surface area contributed by atoms with Gasteiger partial charge in [0.15, 0.2) is 0 Å². The first-order valence-corrected chi connectivity index (χ1v) is 12.6. The molecule has 2 aromatic rings. The molecule has 2 N–H and O–H groups in total. The first kappa shape index (κ1) is 25.8. The number of carbonyl (C=O) groups excluding carboxylic acids is 1. The summed E-state index contributed by atoms with van der Waals surface area (Å²) in [5.41, 5.74) is 1.76. The van der Waals surface area contributed by atoms with E-state index in [1.807, 2.05) is 74.5 Å². The maximum absolute atomic E-state index is 12.4. The lowest BCUT2D eigenvalue weighted by Gasteiger charge is -2.29. The van der Waals surface area contributed by atoms with E-state index in [2.05, 4.69) is 5.32 Å². The highest BCUT2D eigenvalue weighted by molar-refractivity contribution is 7.88. The van der Waals surface area contributed by atoms with Crippen LogP contribution in [-0.2, 0) is 27.8 Å². The van der Waals surface area contributed by atoms with E-state index in [4.69, 9.17) is 4.74 Å². The molecule has 2 aromatic carbocycles. The lowest BCUT2D eigenvalue weighted by Crippen LogP contribution is -2.50. The van der Waals surface area contributed by atoms with Crippen LogP contribution in [0.15, 0.2) is 60.7 Å². The van der Waals surface area contributed by atoms with Gasteiger partial charge in [0.25, 0.3) is 0 Å². The number of benzene rings is 2. The Kier molecular flexibility index (Phi) is 10.2. The number of aliphatic hydroxyl groups excluding tert-OH is 1. The Balaban J connectivity index is 2.09. The average molecular weight is 463 g/mol. The van der Waals surface area contributed by atoms with Crippen LogP contribution in [0.1, 0.15) is 31.4 Å². The van der Waals surface area contributed by atoms with Gasteiger partial charge in [0.1, 0.15) is 6.61 Å². The SMILES string of the molecule is CC(C)CCN(C[C@H](O)[C@H](Cc1ccccc1)NC(=O)OCc1ccccc1)S(C)(=O)=O. The number of amides is 1. The van der Waals surface area contributed by atoms with Crippen molar-refractivity contribution in [3.63, 3.8) is 0 Å². The molecule has 0 heterocycles. The standard InChI is InChI=1S/C24H34N2O5S/c1-19(2)14-15-26(32(3,29)30)17-23(27)22(16-20-10-6-4-7-11-20)25-24(28)31-18-21-12-8-5-9-13-21/h4-13,19,22-23,27H,14-18H2,1-3H3,(H,25,28)/t22-,23-/m0/s1. The molecule has 7 nitrogen and oxygen atoms in total. The van der Waals surface area contributed by atoms with Crippen LogP contribution in [0.5, 0.6) is 0 Å². The predicted octanol–water partition coefficient (Wildman–Crippen LogP) is 3.19. The van der Waals surface area contributed by atoms with Crippen LogP contribution in [0.2, 0.25) is 0 Å². The molecule has 0 bridgehead atoms. The molecule has 2 atom stereocenters. The van der Waals surface area contributed by atoms with Crippen molar-refractivity contribution in [3.8, 4) is 0 Å². The van der Waals surface area contributed by atoms with Crippen molar-refractivity contribution < 1.29 is 23.1 Å². The quantitative estimate of drug-likeness (QED) is 0.505. The van der Waals surface area contributed by atoms with E-state index in [1.165, 1.54) is 4.31 Å². The van der Waals surface area contributed by atoms with Crippen LogP contribution in [-0.4, -0.2) is 55.4 Å². The first-order valence-electron chi connectivity index (χ1n) is 10.8. The molecule has 0 radical (unpaired) electrons. The monoisotopic (exact) mass is 462 g/mol. The lowest BCUT2D eigenvalue weighted by molar-refractivity contribution is 0.0884. The molecule has 0 aliphatic carbocycles. The molecule has 0 aliphatic rings. The minimum Gasteiger partial charge on any atom is -0.445 e. The number of rotatable bonds is 12. The van der Waals surface area contributed by atoms with Crippen LogP contribution < -0.4 is 5.32 Å². The summed E-state index contributed by atoms with van der Waals surface area (Å²) < 4.78 is 31.1. The molecule has 0 fully saturated rings. The summed E-state index contributed by atoms with van der Waals surface area (Å²) in [7, 11) is -3.51. The fourth-order valence-corrected chi connectivity index (χ4v) is 4.06.